The van der Waals surface area contributed by atoms with Gasteiger partial charge in [0.25, 0.3) is 0 Å². The van der Waals surface area contributed by atoms with E-state index < -0.39 is 0 Å². The van der Waals surface area contributed by atoms with Crippen LogP contribution in [0.2, 0.25) is 0 Å². The van der Waals surface area contributed by atoms with Gasteiger partial charge in [-0.1, -0.05) is 19.1 Å². The number of rotatable bonds is 2. The first-order chi connectivity index (χ1) is 4.84. The van der Waals surface area contributed by atoms with Crippen molar-refractivity contribution in [3.63, 3.8) is 0 Å². The highest BCUT2D eigenvalue weighted by Crippen LogP contribution is 2.11. The van der Waals surface area contributed by atoms with Crippen LogP contribution >= 0.6 is 0 Å². The molecule has 1 heterocycles. The fourth-order valence-corrected chi connectivity index (χ4v) is 0.774. The van der Waals surface area contributed by atoms with Gasteiger partial charge in [0.2, 0.25) is 0 Å². The Kier molecular flexibility index (Phi) is 2.26. The van der Waals surface area contributed by atoms with Crippen LogP contribution in [0.5, 0.6) is 0 Å². The summed E-state index contributed by atoms with van der Waals surface area (Å²) in [6.07, 6.45) is 7.95. The Morgan fingerprint density at radius 1 is 1.80 bits per heavy atom. The molecule has 1 atom stereocenters. The maximum atomic E-state index is 10.7. The van der Waals surface area contributed by atoms with Crippen molar-refractivity contribution in [3.05, 3.63) is 24.5 Å². The van der Waals surface area contributed by atoms with Crippen molar-refractivity contribution in [1.82, 2.24) is 0 Å². The van der Waals surface area contributed by atoms with Crippen LogP contribution in [0.25, 0.3) is 0 Å². The van der Waals surface area contributed by atoms with Gasteiger partial charge in [0.05, 0.1) is 12.2 Å². The summed E-state index contributed by atoms with van der Waals surface area (Å²) >= 11 is 0. The molecule has 0 saturated heterocycles. The zero-order valence-corrected chi connectivity index (χ0v) is 5.91. The fraction of sp³-hybridized carbons (Fsp3) is 0.375. The molecule has 1 aliphatic rings. The summed E-state index contributed by atoms with van der Waals surface area (Å²) in [6, 6.07) is 0. The van der Waals surface area contributed by atoms with E-state index in [1.165, 1.54) is 6.26 Å². The molecule has 0 spiro atoms. The van der Waals surface area contributed by atoms with Crippen LogP contribution in [0.15, 0.2) is 24.5 Å². The van der Waals surface area contributed by atoms with Crippen molar-refractivity contribution in [1.29, 1.82) is 0 Å². The second kappa shape index (κ2) is 3.20. The minimum Gasteiger partial charge on any atom is -0.434 e. The van der Waals surface area contributed by atoms with Crippen LogP contribution in [-0.2, 0) is 9.53 Å². The van der Waals surface area contributed by atoms with Crippen LogP contribution in [0.3, 0.4) is 0 Å². The number of hydrogen-bond acceptors (Lipinski definition) is 2. The lowest BCUT2D eigenvalue weighted by Gasteiger charge is -1.93. The maximum Gasteiger partial charge on any atom is 0.321 e. The average Bonchev–Trinajstić information content (AvgIpc) is 2.31. The predicted octanol–water partition coefficient (Wildman–Crippen LogP) is 1.64. The highest BCUT2D eigenvalue weighted by Gasteiger charge is 2.17. The molecule has 0 fully saturated rings. The monoisotopic (exact) mass is 138 g/mol. The molecule has 2 nitrogen and oxygen atoms in total. The van der Waals surface area contributed by atoms with Crippen molar-refractivity contribution >= 4 is 5.97 Å². The van der Waals surface area contributed by atoms with Crippen LogP contribution < -0.4 is 0 Å². The molecule has 10 heavy (non-hydrogen) atoms. The number of ether oxygens (including phenoxy) is 1. The van der Waals surface area contributed by atoms with Crippen LogP contribution in [0, 0.1) is 5.92 Å². The summed E-state index contributed by atoms with van der Waals surface area (Å²) in [5.74, 6) is -0.315. The lowest BCUT2D eigenvalue weighted by atomic mass is 10.1. The van der Waals surface area contributed by atoms with E-state index in [4.69, 9.17) is 0 Å². The van der Waals surface area contributed by atoms with E-state index in [1.54, 1.807) is 6.08 Å². The number of carbonyl (C=O) groups excluding carboxylic acids is 1. The highest BCUT2D eigenvalue weighted by molar-refractivity contribution is 5.79. The highest BCUT2D eigenvalue weighted by atomic mass is 16.5. The average molecular weight is 138 g/mol. The van der Waals surface area contributed by atoms with Crippen molar-refractivity contribution in [2.45, 2.75) is 13.3 Å². The van der Waals surface area contributed by atoms with E-state index in [9.17, 15) is 4.79 Å². The Balaban J connectivity index is 2.48. The van der Waals surface area contributed by atoms with Gasteiger partial charge >= 0.3 is 5.97 Å². The predicted molar refractivity (Wildman–Crippen MR) is 38.2 cm³/mol. The summed E-state index contributed by atoms with van der Waals surface area (Å²) in [5, 5.41) is 0. The van der Waals surface area contributed by atoms with Crippen molar-refractivity contribution in [3.8, 4) is 0 Å². The van der Waals surface area contributed by atoms with E-state index in [0.29, 0.717) is 0 Å². The van der Waals surface area contributed by atoms with E-state index in [0.717, 1.165) is 6.42 Å². The lowest BCUT2D eigenvalue weighted by molar-refractivity contribution is -0.137. The van der Waals surface area contributed by atoms with Crippen LogP contribution in [0.4, 0.5) is 0 Å². The smallest absolute Gasteiger partial charge is 0.321 e. The first-order valence-corrected chi connectivity index (χ1v) is 3.38. The van der Waals surface area contributed by atoms with Gasteiger partial charge in [0.1, 0.15) is 0 Å². The number of hydrogen-bond donors (Lipinski definition) is 0. The number of esters is 1. The molecule has 0 aromatic rings. The first kappa shape index (κ1) is 7.06. The molecule has 1 aliphatic heterocycles. The Morgan fingerprint density at radius 2 is 2.60 bits per heavy atom. The van der Waals surface area contributed by atoms with Crippen LogP contribution in [0.1, 0.15) is 13.3 Å². The van der Waals surface area contributed by atoms with Gasteiger partial charge in [-0.25, -0.2) is 0 Å². The normalized spacial score (nSPS) is 24.1. The second-order valence-electron chi connectivity index (χ2n) is 2.13. The van der Waals surface area contributed by atoms with Gasteiger partial charge in [0, 0.05) is 0 Å². The van der Waals surface area contributed by atoms with Crippen molar-refractivity contribution in [2.24, 2.45) is 5.92 Å². The molecular formula is C8H10O2. The standard InChI is InChI=1S/C8H10O2/c1-2-3-4-7-5-6-10-8(7)9/h3-7H,2H2,1H3/b4-3+. The Hall–Kier alpha value is -1.05. The summed E-state index contributed by atoms with van der Waals surface area (Å²) in [4.78, 5) is 10.7. The maximum absolute atomic E-state index is 10.7. The molecule has 0 radical (unpaired) electrons. The van der Waals surface area contributed by atoms with E-state index in [1.807, 2.05) is 19.1 Å². The molecule has 0 amide bonds. The van der Waals surface area contributed by atoms with Crippen molar-refractivity contribution < 1.29 is 9.53 Å². The summed E-state index contributed by atoms with van der Waals surface area (Å²) in [6.45, 7) is 2.03. The molecule has 54 valence electrons. The molecule has 0 aromatic heterocycles. The zero-order valence-electron chi connectivity index (χ0n) is 5.91. The van der Waals surface area contributed by atoms with E-state index >= 15 is 0 Å². The van der Waals surface area contributed by atoms with Gasteiger partial charge in [-0.3, -0.25) is 4.79 Å². The van der Waals surface area contributed by atoms with Gasteiger partial charge in [-0.15, -0.1) is 0 Å². The third-order valence-electron chi connectivity index (χ3n) is 1.32. The summed E-state index contributed by atoms with van der Waals surface area (Å²) < 4.78 is 4.59. The number of carbonyl (C=O) groups is 1. The zero-order chi connectivity index (χ0) is 7.40. The third-order valence-corrected chi connectivity index (χ3v) is 1.32. The summed E-state index contributed by atoms with van der Waals surface area (Å²) in [7, 11) is 0. The molecule has 2 heteroatoms. The van der Waals surface area contributed by atoms with Gasteiger partial charge in [-0.05, 0) is 12.5 Å². The molecule has 0 aliphatic carbocycles. The fourth-order valence-electron chi connectivity index (χ4n) is 0.774. The molecule has 0 bridgehead atoms. The first-order valence-electron chi connectivity index (χ1n) is 3.38. The quantitative estimate of drug-likeness (QED) is 0.428. The third kappa shape index (κ3) is 1.47. The lowest BCUT2D eigenvalue weighted by Crippen LogP contribution is -2.03. The Bertz CT molecular complexity index is 180. The SMILES string of the molecule is CC/C=C/C1C=COC1=O. The Labute approximate surface area is 60.2 Å². The minimum atomic E-state index is -0.176. The van der Waals surface area contributed by atoms with Gasteiger partial charge in [-0.2, -0.15) is 0 Å². The number of cyclic esters (lactones) is 1. The molecular weight excluding hydrogens is 128 g/mol. The molecule has 0 aromatic carbocycles. The van der Waals surface area contributed by atoms with E-state index in [2.05, 4.69) is 4.74 Å². The van der Waals surface area contributed by atoms with Gasteiger partial charge < -0.3 is 4.74 Å². The minimum absolute atomic E-state index is 0.139. The molecule has 1 unspecified atom stereocenters. The topological polar surface area (TPSA) is 26.3 Å². The molecule has 1 rings (SSSR count). The largest absolute Gasteiger partial charge is 0.434 e. The Morgan fingerprint density at radius 3 is 3.10 bits per heavy atom. The summed E-state index contributed by atoms with van der Waals surface area (Å²) in [5.41, 5.74) is 0. The van der Waals surface area contributed by atoms with Crippen LogP contribution in [-0.4, -0.2) is 5.97 Å². The number of allylic oxidation sites excluding steroid dienone is 1. The van der Waals surface area contributed by atoms with E-state index in [-0.39, 0.29) is 11.9 Å². The van der Waals surface area contributed by atoms with Crippen molar-refractivity contribution in [2.75, 3.05) is 0 Å². The molecule has 0 saturated carbocycles. The van der Waals surface area contributed by atoms with Gasteiger partial charge in [0.15, 0.2) is 0 Å². The molecule has 0 N–H and O–H groups in total. The second-order valence-corrected chi connectivity index (χ2v) is 2.13.